The highest BCUT2D eigenvalue weighted by Crippen LogP contribution is 2.40. The van der Waals surface area contributed by atoms with Crippen molar-refractivity contribution < 1.29 is 24.0 Å². The summed E-state index contributed by atoms with van der Waals surface area (Å²) in [6.07, 6.45) is 1.80. The van der Waals surface area contributed by atoms with E-state index in [4.69, 9.17) is 26.0 Å². The SMILES string of the molecule is CC(OC(=O)Nc1cnoc1-c1cnc(-c2ccc(CC(=O)O)cc2)c2ccsc12)c1ccccc1Cl. The first kappa shape index (κ1) is 24.5. The predicted octanol–water partition coefficient (Wildman–Crippen LogP) is 7.21. The van der Waals surface area contributed by atoms with Crippen LogP contribution in [0.1, 0.15) is 24.2 Å². The van der Waals surface area contributed by atoms with Gasteiger partial charge in [-0.15, -0.1) is 11.3 Å². The summed E-state index contributed by atoms with van der Waals surface area (Å²) in [5.41, 5.74) is 4.03. The fourth-order valence-electron chi connectivity index (χ4n) is 4.00. The molecule has 10 heteroatoms. The number of carbonyl (C=O) groups is 2. The van der Waals surface area contributed by atoms with Crippen LogP contribution in [0.2, 0.25) is 5.02 Å². The molecule has 0 fully saturated rings. The van der Waals surface area contributed by atoms with Gasteiger partial charge in [0, 0.05) is 32.4 Å². The Morgan fingerprint density at radius 3 is 2.68 bits per heavy atom. The number of amides is 1. The third kappa shape index (κ3) is 5.18. The van der Waals surface area contributed by atoms with Gasteiger partial charge in [0.05, 0.1) is 23.9 Å². The van der Waals surface area contributed by atoms with Crippen molar-refractivity contribution in [3.63, 3.8) is 0 Å². The number of benzene rings is 2. The number of aliphatic carboxylic acids is 1. The second kappa shape index (κ2) is 10.4. The van der Waals surface area contributed by atoms with E-state index in [0.29, 0.717) is 33.2 Å². The molecule has 5 rings (SSSR count). The minimum absolute atomic E-state index is 0.0403. The topological polar surface area (TPSA) is 115 Å². The Bertz CT molecular complexity index is 1600. The monoisotopic (exact) mass is 533 g/mol. The molecule has 0 saturated carbocycles. The van der Waals surface area contributed by atoms with E-state index in [0.717, 1.165) is 21.3 Å². The van der Waals surface area contributed by atoms with Crippen LogP contribution < -0.4 is 5.32 Å². The van der Waals surface area contributed by atoms with Crippen LogP contribution >= 0.6 is 22.9 Å². The van der Waals surface area contributed by atoms with E-state index < -0.39 is 18.2 Å². The van der Waals surface area contributed by atoms with Gasteiger partial charge >= 0.3 is 12.1 Å². The van der Waals surface area contributed by atoms with Crippen molar-refractivity contribution in [2.24, 2.45) is 0 Å². The molecule has 37 heavy (non-hydrogen) atoms. The number of nitrogens with one attached hydrogen (secondary N) is 1. The molecule has 0 aliphatic rings. The Morgan fingerprint density at radius 2 is 1.92 bits per heavy atom. The van der Waals surface area contributed by atoms with Crippen LogP contribution in [0.5, 0.6) is 0 Å². The van der Waals surface area contributed by atoms with Crippen LogP contribution in [0.4, 0.5) is 10.5 Å². The normalized spacial score (nSPS) is 11.8. The minimum Gasteiger partial charge on any atom is -0.481 e. The Kier molecular flexibility index (Phi) is 6.89. The number of carboxylic acids is 1. The van der Waals surface area contributed by atoms with Gasteiger partial charge in [0.15, 0.2) is 5.76 Å². The van der Waals surface area contributed by atoms with Crippen LogP contribution in [-0.4, -0.2) is 27.3 Å². The lowest BCUT2D eigenvalue weighted by Crippen LogP contribution is -2.16. The largest absolute Gasteiger partial charge is 0.481 e. The van der Waals surface area contributed by atoms with Gasteiger partial charge in [0.2, 0.25) is 0 Å². The summed E-state index contributed by atoms with van der Waals surface area (Å²) in [6.45, 7) is 1.74. The summed E-state index contributed by atoms with van der Waals surface area (Å²) in [4.78, 5) is 28.3. The van der Waals surface area contributed by atoms with Crippen molar-refractivity contribution in [1.82, 2.24) is 10.1 Å². The van der Waals surface area contributed by atoms with Gasteiger partial charge in [0.1, 0.15) is 11.8 Å². The van der Waals surface area contributed by atoms with Crippen molar-refractivity contribution in [1.29, 1.82) is 0 Å². The molecule has 3 aromatic heterocycles. The van der Waals surface area contributed by atoms with Gasteiger partial charge in [-0.05, 0) is 30.0 Å². The number of fused-ring (bicyclic) bond motifs is 1. The first-order valence-corrected chi connectivity index (χ1v) is 12.5. The molecule has 5 aromatic rings. The van der Waals surface area contributed by atoms with Crippen LogP contribution in [0, 0.1) is 0 Å². The fourth-order valence-corrected chi connectivity index (χ4v) is 5.19. The van der Waals surface area contributed by atoms with Crippen LogP contribution in [0.25, 0.3) is 32.7 Å². The maximum Gasteiger partial charge on any atom is 0.412 e. The number of nitrogens with zero attached hydrogens (tertiary/aromatic N) is 2. The van der Waals surface area contributed by atoms with Crippen LogP contribution in [0.15, 0.2) is 76.9 Å². The molecule has 3 heterocycles. The lowest BCUT2D eigenvalue weighted by atomic mass is 10.0. The third-order valence-electron chi connectivity index (χ3n) is 5.75. The Labute approximate surface area is 220 Å². The molecule has 1 unspecified atom stereocenters. The van der Waals surface area contributed by atoms with Gasteiger partial charge in [-0.1, -0.05) is 59.2 Å². The molecular weight excluding hydrogens is 514 g/mol. The van der Waals surface area contributed by atoms with Crippen molar-refractivity contribution in [3.8, 4) is 22.6 Å². The number of aromatic nitrogens is 2. The van der Waals surface area contributed by atoms with Gasteiger partial charge in [-0.2, -0.15) is 0 Å². The third-order valence-corrected chi connectivity index (χ3v) is 7.04. The van der Waals surface area contributed by atoms with Crippen molar-refractivity contribution in [3.05, 3.63) is 88.5 Å². The molecule has 2 aromatic carbocycles. The average Bonchev–Trinajstić information content (AvgIpc) is 3.54. The summed E-state index contributed by atoms with van der Waals surface area (Å²) in [5.74, 6) is -0.528. The van der Waals surface area contributed by atoms with E-state index in [2.05, 4.69) is 15.5 Å². The van der Waals surface area contributed by atoms with Crippen LogP contribution in [0.3, 0.4) is 0 Å². The van der Waals surface area contributed by atoms with E-state index >= 15 is 0 Å². The predicted molar refractivity (Wildman–Crippen MR) is 142 cm³/mol. The number of rotatable bonds is 7. The molecule has 186 valence electrons. The van der Waals surface area contributed by atoms with Crippen LogP contribution in [-0.2, 0) is 16.0 Å². The highest BCUT2D eigenvalue weighted by molar-refractivity contribution is 7.17. The van der Waals surface area contributed by atoms with Gasteiger partial charge in [-0.3, -0.25) is 15.1 Å². The quantitative estimate of drug-likeness (QED) is 0.227. The first-order valence-electron chi connectivity index (χ1n) is 11.2. The van der Waals surface area contributed by atoms with E-state index in [1.54, 1.807) is 43.5 Å². The summed E-state index contributed by atoms with van der Waals surface area (Å²) in [7, 11) is 0. The summed E-state index contributed by atoms with van der Waals surface area (Å²) < 4.78 is 11.9. The minimum atomic E-state index is -0.880. The van der Waals surface area contributed by atoms with Gasteiger partial charge in [0.25, 0.3) is 0 Å². The van der Waals surface area contributed by atoms with Gasteiger partial charge in [-0.25, -0.2) is 4.79 Å². The molecule has 1 amide bonds. The number of anilines is 1. The Hall–Kier alpha value is -4.21. The number of ether oxygens (including phenoxy) is 1. The highest BCUT2D eigenvalue weighted by Gasteiger charge is 2.21. The standard InChI is InChI=1S/C27H20ClN3O5S/c1-15(18-4-2-3-5-21(18)28)35-27(34)31-22-14-30-36-25(22)20-13-29-24(19-10-11-37-26(19)20)17-8-6-16(7-9-17)12-23(32)33/h2-11,13-15H,12H2,1H3,(H,31,34)(H,32,33). The zero-order valence-corrected chi connectivity index (χ0v) is 21.0. The molecule has 2 N–H and O–H groups in total. The molecular formula is C27H20ClN3O5S. The number of carboxylic acid groups (broad SMARTS) is 1. The summed E-state index contributed by atoms with van der Waals surface area (Å²) in [5, 5.41) is 18.9. The second-order valence-electron chi connectivity index (χ2n) is 8.21. The highest BCUT2D eigenvalue weighted by atomic mass is 35.5. The number of carbonyl (C=O) groups excluding carboxylic acids is 1. The lowest BCUT2D eigenvalue weighted by Gasteiger charge is -2.15. The molecule has 0 bridgehead atoms. The zero-order chi connectivity index (χ0) is 25.9. The number of hydrogen-bond donors (Lipinski definition) is 2. The summed E-state index contributed by atoms with van der Waals surface area (Å²) >= 11 is 7.72. The smallest absolute Gasteiger partial charge is 0.412 e. The molecule has 1 atom stereocenters. The lowest BCUT2D eigenvalue weighted by molar-refractivity contribution is -0.136. The Morgan fingerprint density at radius 1 is 1.14 bits per heavy atom. The van der Waals surface area contributed by atoms with E-state index in [1.165, 1.54) is 17.5 Å². The first-order chi connectivity index (χ1) is 17.9. The summed E-state index contributed by atoms with van der Waals surface area (Å²) in [6, 6.07) is 16.4. The number of thiophene rings is 1. The average molecular weight is 534 g/mol. The van der Waals surface area contributed by atoms with E-state index in [1.807, 2.05) is 29.6 Å². The molecule has 0 aliphatic carbocycles. The number of hydrogen-bond acceptors (Lipinski definition) is 7. The van der Waals surface area contributed by atoms with Crippen molar-refractivity contribution >= 4 is 50.8 Å². The molecule has 0 radical (unpaired) electrons. The van der Waals surface area contributed by atoms with Gasteiger partial charge < -0.3 is 14.4 Å². The second-order valence-corrected chi connectivity index (χ2v) is 9.54. The number of halogens is 1. The number of pyridine rings is 1. The van der Waals surface area contributed by atoms with Crippen molar-refractivity contribution in [2.45, 2.75) is 19.4 Å². The molecule has 8 nitrogen and oxygen atoms in total. The Balaban J connectivity index is 1.40. The fraction of sp³-hybridized carbons (Fsp3) is 0.111. The van der Waals surface area contributed by atoms with Crippen molar-refractivity contribution in [2.75, 3.05) is 5.32 Å². The molecule has 0 spiro atoms. The molecule has 0 aliphatic heterocycles. The van der Waals surface area contributed by atoms with E-state index in [9.17, 15) is 9.59 Å². The maximum absolute atomic E-state index is 12.6. The maximum atomic E-state index is 12.6. The molecule has 0 saturated heterocycles. The zero-order valence-electron chi connectivity index (χ0n) is 19.5. The van der Waals surface area contributed by atoms with E-state index in [-0.39, 0.29) is 6.42 Å².